The fraction of sp³-hybridized carbons (Fsp3) is 0.200. The summed E-state index contributed by atoms with van der Waals surface area (Å²) >= 11 is 0. The summed E-state index contributed by atoms with van der Waals surface area (Å²) in [5, 5.41) is 11.5. The molecule has 1 aromatic rings. The maximum absolute atomic E-state index is 11.3. The zero-order chi connectivity index (χ0) is 10.8. The molecule has 1 heterocycles. The highest BCUT2D eigenvalue weighted by Gasteiger charge is 2.37. The second-order valence-electron chi connectivity index (χ2n) is 3.34. The zero-order valence-electron chi connectivity index (χ0n) is 7.88. The Kier molecular flexibility index (Phi) is 2.39. The minimum absolute atomic E-state index is 0.119. The van der Waals surface area contributed by atoms with Gasteiger partial charge in [-0.25, -0.2) is 4.79 Å². The number of rotatable bonds is 2. The molecule has 1 aliphatic heterocycles. The summed E-state index contributed by atoms with van der Waals surface area (Å²) in [6, 6.07) is 7.88. The number of hydroxylamine groups is 2. The lowest BCUT2D eigenvalue weighted by molar-refractivity contribution is -0.149. The lowest BCUT2D eigenvalue weighted by atomic mass is 10.1. The number of urea groups is 1. The number of nitrogens with zero attached hydrogens (tertiary/aromatic N) is 1. The molecule has 1 aromatic carbocycles. The standard InChI is InChI=1S/C10H10N2O3/c13-9-8(11-10(14)12(9)15)6-7-4-2-1-3-5-7/h1-5,8,15H,6H2,(H,11,14)/t8-/m0/s1. The largest absolute Gasteiger partial charge is 0.349 e. The average molecular weight is 206 g/mol. The fourth-order valence-electron chi connectivity index (χ4n) is 1.51. The quantitative estimate of drug-likeness (QED) is 0.548. The predicted molar refractivity (Wildman–Crippen MR) is 51.1 cm³/mol. The van der Waals surface area contributed by atoms with E-state index >= 15 is 0 Å². The van der Waals surface area contributed by atoms with Crippen molar-refractivity contribution in [1.82, 2.24) is 10.4 Å². The van der Waals surface area contributed by atoms with Gasteiger partial charge < -0.3 is 5.32 Å². The average Bonchev–Trinajstić information content (AvgIpc) is 2.48. The molecule has 0 unspecified atom stereocenters. The van der Waals surface area contributed by atoms with Gasteiger partial charge in [-0.15, -0.1) is 5.06 Å². The third-order valence-corrected chi connectivity index (χ3v) is 2.28. The molecule has 1 aliphatic rings. The van der Waals surface area contributed by atoms with Crippen molar-refractivity contribution in [2.24, 2.45) is 0 Å². The van der Waals surface area contributed by atoms with E-state index < -0.39 is 18.0 Å². The highest BCUT2D eigenvalue weighted by atomic mass is 16.5. The van der Waals surface area contributed by atoms with Crippen molar-refractivity contribution in [3.63, 3.8) is 0 Å². The van der Waals surface area contributed by atoms with E-state index in [4.69, 9.17) is 5.21 Å². The highest BCUT2D eigenvalue weighted by molar-refractivity contribution is 6.02. The molecule has 1 saturated heterocycles. The Balaban J connectivity index is 2.09. The molecule has 0 radical (unpaired) electrons. The Labute approximate surface area is 86.3 Å². The second-order valence-corrected chi connectivity index (χ2v) is 3.34. The van der Waals surface area contributed by atoms with Crippen molar-refractivity contribution in [2.75, 3.05) is 0 Å². The Morgan fingerprint density at radius 2 is 1.93 bits per heavy atom. The van der Waals surface area contributed by atoms with E-state index in [0.29, 0.717) is 6.42 Å². The first kappa shape index (κ1) is 9.67. The Morgan fingerprint density at radius 3 is 2.47 bits per heavy atom. The maximum atomic E-state index is 11.3. The number of hydrogen-bond donors (Lipinski definition) is 2. The molecule has 2 rings (SSSR count). The maximum Gasteiger partial charge on any atom is 0.349 e. The number of hydrogen-bond acceptors (Lipinski definition) is 3. The van der Waals surface area contributed by atoms with E-state index in [1.165, 1.54) is 0 Å². The van der Waals surface area contributed by atoms with Crippen molar-refractivity contribution in [3.8, 4) is 0 Å². The molecule has 5 heteroatoms. The summed E-state index contributed by atoms with van der Waals surface area (Å²) in [6.07, 6.45) is 0.391. The van der Waals surface area contributed by atoms with E-state index in [1.54, 1.807) is 0 Å². The summed E-state index contributed by atoms with van der Waals surface area (Å²) in [5.74, 6) is -0.608. The molecule has 0 saturated carbocycles. The molecule has 1 fully saturated rings. The van der Waals surface area contributed by atoms with Crippen LogP contribution in [-0.2, 0) is 11.2 Å². The smallest absolute Gasteiger partial charge is 0.324 e. The van der Waals surface area contributed by atoms with Crippen molar-refractivity contribution in [3.05, 3.63) is 35.9 Å². The van der Waals surface area contributed by atoms with Crippen molar-refractivity contribution in [1.29, 1.82) is 0 Å². The van der Waals surface area contributed by atoms with Gasteiger partial charge in [0.15, 0.2) is 0 Å². The highest BCUT2D eigenvalue weighted by Crippen LogP contribution is 2.09. The molecule has 0 spiro atoms. The first-order valence-corrected chi connectivity index (χ1v) is 4.56. The van der Waals surface area contributed by atoms with Crippen molar-refractivity contribution >= 4 is 11.9 Å². The monoisotopic (exact) mass is 206 g/mol. The van der Waals surface area contributed by atoms with Crippen LogP contribution in [0.25, 0.3) is 0 Å². The van der Waals surface area contributed by atoms with Crippen LogP contribution in [0, 0.1) is 0 Å². The van der Waals surface area contributed by atoms with Crippen LogP contribution in [0.3, 0.4) is 0 Å². The van der Waals surface area contributed by atoms with Crippen LogP contribution in [-0.4, -0.2) is 28.3 Å². The topological polar surface area (TPSA) is 69.6 Å². The van der Waals surface area contributed by atoms with Crippen LogP contribution in [0.5, 0.6) is 0 Å². The molecule has 0 aliphatic carbocycles. The lowest BCUT2D eigenvalue weighted by Crippen LogP contribution is -2.31. The second kappa shape index (κ2) is 3.70. The number of carbonyl (C=O) groups is 2. The van der Waals surface area contributed by atoms with Crippen molar-refractivity contribution in [2.45, 2.75) is 12.5 Å². The van der Waals surface area contributed by atoms with Gasteiger partial charge in [0, 0.05) is 6.42 Å². The molecule has 1 atom stereocenters. The van der Waals surface area contributed by atoms with Crippen LogP contribution >= 0.6 is 0 Å². The number of carbonyl (C=O) groups excluding carboxylic acids is 2. The Hall–Kier alpha value is -1.88. The minimum Gasteiger partial charge on any atom is -0.324 e. The van der Waals surface area contributed by atoms with Gasteiger partial charge in [-0.2, -0.15) is 0 Å². The third kappa shape index (κ3) is 1.82. The molecule has 3 amide bonds. The molecule has 2 N–H and O–H groups in total. The van der Waals surface area contributed by atoms with Crippen LogP contribution in [0.4, 0.5) is 4.79 Å². The Bertz CT molecular complexity index is 391. The summed E-state index contributed by atoms with van der Waals surface area (Å²) < 4.78 is 0. The third-order valence-electron chi connectivity index (χ3n) is 2.28. The van der Waals surface area contributed by atoms with Gasteiger partial charge in [0.25, 0.3) is 5.91 Å². The van der Waals surface area contributed by atoms with E-state index in [2.05, 4.69) is 5.32 Å². The van der Waals surface area contributed by atoms with Crippen LogP contribution in [0.15, 0.2) is 30.3 Å². The minimum atomic E-state index is -0.763. The summed E-state index contributed by atoms with van der Waals surface area (Å²) in [5.41, 5.74) is 0.937. The fourth-order valence-corrected chi connectivity index (χ4v) is 1.51. The Morgan fingerprint density at radius 1 is 1.27 bits per heavy atom. The summed E-state index contributed by atoms with van der Waals surface area (Å²) in [6.45, 7) is 0. The predicted octanol–water partition coefficient (Wildman–Crippen LogP) is 0.539. The van der Waals surface area contributed by atoms with E-state index in [-0.39, 0.29) is 5.06 Å². The lowest BCUT2D eigenvalue weighted by Gasteiger charge is -2.06. The molecule has 0 aromatic heterocycles. The van der Waals surface area contributed by atoms with Crippen LogP contribution < -0.4 is 5.32 Å². The summed E-state index contributed by atoms with van der Waals surface area (Å²) in [7, 11) is 0. The molecule has 78 valence electrons. The molecule has 15 heavy (non-hydrogen) atoms. The van der Waals surface area contributed by atoms with Gasteiger partial charge in [-0.3, -0.25) is 10.0 Å². The zero-order valence-corrected chi connectivity index (χ0v) is 7.88. The normalized spacial score (nSPS) is 20.6. The van der Waals surface area contributed by atoms with E-state index in [1.807, 2.05) is 30.3 Å². The van der Waals surface area contributed by atoms with Gasteiger partial charge in [-0.1, -0.05) is 30.3 Å². The molecule has 5 nitrogen and oxygen atoms in total. The van der Waals surface area contributed by atoms with E-state index in [9.17, 15) is 9.59 Å². The van der Waals surface area contributed by atoms with Crippen LogP contribution in [0.1, 0.15) is 5.56 Å². The van der Waals surface area contributed by atoms with Crippen molar-refractivity contribution < 1.29 is 14.8 Å². The van der Waals surface area contributed by atoms with Gasteiger partial charge in [0.1, 0.15) is 6.04 Å². The van der Waals surface area contributed by atoms with Gasteiger partial charge >= 0.3 is 6.03 Å². The van der Waals surface area contributed by atoms with Gasteiger partial charge in [0.05, 0.1) is 0 Å². The number of nitrogens with one attached hydrogen (secondary N) is 1. The first-order chi connectivity index (χ1) is 7.18. The SMILES string of the molecule is O=C1N[C@@H](Cc2ccccc2)C(=O)N1O. The van der Waals surface area contributed by atoms with Gasteiger partial charge in [0.2, 0.25) is 0 Å². The van der Waals surface area contributed by atoms with Crippen LogP contribution in [0.2, 0.25) is 0 Å². The number of amides is 3. The number of benzene rings is 1. The number of imide groups is 1. The van der Waals surface area contributed by atoms with Gasteiger partial charge in [-0.05, 0) is 5.56 Å². The molecule has 0 bridgehead atoms. The first-order valence-electron chi connectivity index (χ1n) is 4.56. The molecular weight excluding hydrogens is 196 g/mol. The molecular formula is C10H10N2O3. The summed E-state index contributed by atoms with van der Waals surface area (Å²) in [4.78, 5) is 22.2. The van der Waals surface area contributed by atoms with E-state index in [0.717, 1.165) is 5.56 Å².